The predicted molar refractivity (Wildman–Crippen MR) is 162 cm³/mol. The van der Waals surface area contributed by atoms with Crippen LogP contribution in [0.25, 0.3) is 5.69 Å². The Bertz CT molecular complexity index is 1580. The Hall–Kier alpha value is -3.94. The number of para-hydroxylation sites is 2. The summed E-state index contributed by atoms with van der Waals surface area (Å²) >= 11 is 12.3. The Morgan fingerprint density at radius 3 is 2.39 bits per heavy atom. The number of fused-ring (bicyclic) bond motifs is 3. The van der Waals surface area contributed by atoms with E-state index in [1.54, 1.807) is 42.2 Å². The van der Waals surface area contributed by atoms with Crippen LogP contribution in [0, 0.1) is 0 Å². The third kappa shape index (κ3) is 5.52. The van der Waals surface area contributed by atoms with Crippen molar-refractivity contribution in [1.82, 2.24) is 9.47 Å². The second-order valence-electron chi connectivity index (χ2n) is 9.78. The summed E-state index contributed by atoms with van der Waals surface area (Å²) < 4.78 is 13.4. The molecule has 0 spiro atoms. The van der Waals surface area contributed by atoms with Gasteiger partial charge in [0.15, 0.2) is 0 Å². The minimum atomic E-state index is -0.537. The van der Waals surface area contributed by atoms with Crippen LogP contribution in [0.1, 0.15) is 47.4 Å². The minimum Gasteiger partial charge on any atom is -0.497 e. The van der Waals surface area contributed by atoms with Gasteiger partial charge in [-0.05, 0) is 67.1 Å². The van der Waals surface area contributed by atoms with E-state index in [1.807, 2.05) is 67.7 Å². The van der Waals surface area contributed by atoms with Crippen LogP contribution in [-0.2, 0) is 4.79 Å². The highest BCUT2D eigenvalue weighted by molar-refractivity contribution is 6.42. The van der Waals surface area contributed by atoms with Gasteiger partial charge in [0.05, 0.1) is 41.3 Å². The molecule has 7 nitrogen and oxygen atoms in total. The van der Waals surface area contributed by atoms with Gasteiger partial charge in [0, 0.05) is 23.9 Å². The van der Waals surface area contributed by atoms with E-state index >= 15 is 0 Å². The summed E-state index contributed by atoms with van der Waals surface area (Å²) in [4.78, 5) is 31.5. The van der Waals surface area contributed by atoms with Crippen LogP contribution in [0.5, 0.6) is 11.5 Å². The van der Waals surface area contributed by atoms with Crippen molar-refractivity contribution in [2.24, 2.45) is 0 Å². The molecule has 0 bridgehead atoms. The van der Waals surface area contributed by atoms with Gasteiger partial charge in [-0.25, -0.2) is 0 Å². The van der Waals surface area contributed by atoms with Gasteiger partial charge in [-0.2, -0.15) is 0 Å². The van der Waals surface area contributed by atoms with Crippen LogP contribution in [-0.4, -0.2) is 48.6 Å². The molecule has 2 amide bonds. The van der Waals surface area contributed by atoms with Crippen LogP contribution in [0.15, 0.2) is 79.0 Å². The van der Waals surface area contributed by atoms with E-state index < -0.39 is 6.04 Å². The summed E-state index contributed by atoms with van der Waals surface area (Å²) in [6.07, 6.45) is 3.59. The third-order valence-electron chi connectivity index (χ3n) is 7.28. The van der Waals surface area contributed by atoms with E-state index in [9.17, 15) is 9.59 Å². The predicted octanol–water partition coefficient (Wildman–Crippen LogP) is 7.18. The molecule has 1 atom stereocenters. The number of hydrogen-bond acceptors (Lipinski definition) is 4. The summed E-state index contributed by atoms with van der Waals surface area (Å²) in [5, 5.41) is 0.651. The normalized spacial score (nSPS) is 13.8. The molecular formula is C32H31Cl2N3O4. The molecule has 1 aliphatic heterocycles. The number of unbranched alkanes of at least 4 members (excludes halogenated alkanes) is 1. The third-order valence-corrected chi connectivity index (χ3v) is 8.02. The van der Waals surface area contributed by atoms with Crippen LogP contribution in [0.4, 0.5) is 5.69 Å². The lowest BCUT2D eigenvalue weighted by Crippen LogP contribution is -2.47. The SMILES string of the molecule is CCCCN(CC(=O)N1c2ccccc2-n2cccc2C1c1cc(OC)ccc1OC)C(=O)c1ccc(Cl)c(Cl)c1. The topological polar surface area (TPSA) is 64.0 Å². The molecule has 0 saturated heterocycles. The first-order valence-corrected chi connectivity index (χ1v) is 14.2. The average molecular weight is 593 g/mol. The fourth-order valence-electron chi connectivity index (χ4n) is 5.26. The first-order chi connectivity index (χ1) is 19.9. The largest absolute Gasteiger partial charge is 0.497 e. The lowest BCUT2D eigenvalue weighted by molar-refractivity contribution is -0.119. The molecule has 0 radical (unpaired) electrons. The second kappa shape index (κ2) is 12.3. The Labute approximate surface area is 249 Å². The zero-order valence-corrected chi connectivity index (χ0v) is 24.7. The van der Waals surface area contributed by atoms with Crippen molar-refractivity contribution < 1.29 is 19.1 Å². The van der Waals surface area contributed by atoms with E-state index in [0.717, 1.165) is 35.5 Å². The van der Waals surface area contributed by atoms with Gasteiger partial charge in [0.25, 0.3) is 5.91 Å². The van der Waals surface area contributed by atoms with Crippen molar-refractivity contribution in [3.05, 3.63) is 106 Å². The van der Waals surface area contributed by atoms with Gasteiger partial charge in [0.1, 0.15) is 24.1 Å². The molecule has 41 heavy (non-hydrogen) atoms. The van der Waals surface area contributed by atoms with Crippen LogP contribution in [0.3, 0.4) is 0 Å². The molecule has 9 heteroatoms. The molecule has 0 aliphatic carbocycles. The minimum absolute atomic E-state index is 0.128. The molecule has 212 valence electrons. The van der Waals surface area contributed by atoms with Crippen LogP contribution >= 0.6 is 23.2 Å². The van der Waals surface area contributed by atoms with Crippen molar-refractivity contribution in [1.29, 1.82) is 0 Å². The maximum Gasteiger partial charge on any atom is 0.254 e. The maximum absolute atomic E-state index is 14.5. The van der Waals surface area contributed by atoms with E-state index in [1.165, 1.54) is 0 Å². The number of anilines is 1. The quantitative estimate of drug-likeness (QED) is 0.207. The lowest BCUT2D eigenvalue weighted by Gasteiger charge is -2.40. The van der Waals surface area contributed by atoms with Gasteiger partial charge in [-0.3, -0.25) is 14.5 Å². The molecule has 1 aromatic heterocycles. The van der Waals surface area contributed by atoms with Crippen molar-refractivity contribution in [2.45, 2.75) is 25.8 Å². The Balaban J connectivity index is 1.60. The van der Waals surface area contributed by atoms with Gasteiger partial charge in [-0.15, -0.1) is 0 Å². The summed E-state index contributed by atoms with van der Waals surface area (Å²) in [6, 6.07) is 21.5. The zero-order chi connectivity index (χ0) is 29.1. The van der Waals surface area contributed by atoms with Gasteiger partial charge in [-0.1, -0.05) is 48.7 Å². The first kappa shape index (κ1) is 28.6. The standard InChI is InChI=1S/C32H31Cl2N3O4/c1-4-5-16-35(32(39)21-12-14-24(33)25(34)18-21)20-30(38)37-27-10-7-6-9-26(27)36-17-8-11-28(36)31(37)23-19-22(40-2)13-15-29(23)41-3/h6-15,17-19,31H,4-5,16,20H2,1-3H3. The van der Waals surface area contributed by atoms with Crippen molar-refractivity contribution in [3.8, 4) is 17.2 Å². The Kier molecular flexibility index (Phi) is 8.57. The monoisotopic (exact) mass is 591 g/mol. The summed E-state index contributed by atoms with van der Waals surface area (Å²) in [7, 11) is 3.21. The number of carbonyl (C=O) groups excluding carboxylic acids is 2. The van der Waals surface area contributed by atoms with Crippen molar-refractivity contribution in [3.63, 3.8) is 0 Å². The van der Waals surface area contributed by atoms with Crippen molar-refractivity contribution >= 4 is 40.7 Å². The average Bonchev–Trinajstić information content (AvgIpc) is 3.49. The van der Waals surface area contributed by atoms with E-state index in [0.29, 0.717) is 28.6 Å². The number of benzene rings is 3. The highest BCUT2D eigenvalue weighted by atomic mass is 35.5. The van der Waals surface area contributed by atoms with Crippen LogP contribution < -0.4 is 14.4 Å². The summed E-state index contributed by atoms with van der Waals surface area (Å²) in [6.45, 7) is 2.33. The highest BCUT2D eigenvalue weighted by Gasteiger charge is 2.38. The number of ether oxygens (including phenoxy) is 2. The number of nitrogens with zero attached hydrogens (tertiary/aromatic N) is 3. The van der Waals surface area contributed by atoms with E-state index in [4.69, 9.17) is 32.7 Å². The maximum atomic E-state index is 14.5. The zero-order valence-electron chi connectivity index (χ0n) is 23.1. The molecule has 4 aromatic rings. The Morgan fingerprint density at radius 2 is 1.68 bits per heavy atom. The molecule has 5 rings (SSSR count). The molecule has 3 aromatic carbocycles. The van der Waals surface area contributed by atoms with Gasteiger partial charge in [0.2, 0.25) is 5.91 Å². The van der Waals surface area contributed by atoms with Gasteiger partial charge >= 0.3 is 0 Å². The smallest absolute Gasteiger partial charge is 0.254 e. The fourth-order valence-corrected chi connectivity index (χ4v) is 5.56. The molecule has 1 aliphatic rings. The van der Waals surface area contributed by atoms with E-state index in [-0.39, 0.29) is 23.4 Å². The number of rotatable bonds is 9. The Morgan fingerprint density at radius 1 is 0.902 bits per heavy atom. The highest BCUT2D eigenvalue weighted by Crippen LogP contribution is 2.45. The molecule has 0 saturated carbocycles. The lowest BCUT2D eigenvalue weighted by atomic mass is 9.96. The second-order valence-corrected chi connectivity index (χ2v) is 10.6. The van der Waals surface area contributed by atoms with Gasteiger partial charge < -0.3 is 18.9 Å². The van der Waals surface area contributed by atoms with E-state index in [2.05, 4.69) is 4.57 Å². The molecule has 1 unspecified atom stereocenters. The fraction of sp³-hybridized carbons (Fsp3) is 0.250. The number of amides is 2. The molecule has 0 N–H and O–H groups in total. The number of hydrogen-bond donors (Lipinski definition) is 0. The first-order valence-electron chi connectivity index (χ1n) is 13.4. The molecule has 2 heterocycles. The number of halogens is 2. The molecular weight excluding hydrogens is 561 g/mol. The number of aromatic nitrogens is 1. The van der Waals surface area contributed by atoms with Crippen LogP contribution in [0.2, 0.25) is 10.0 Å². The number of methoxy groups -OCH3 is 2. The summed E-state index contributed by atoms with van der Waals surface area (Å²) in [5.74, 6) is 0.749. The number of carbonyl (C=O) groups is 2. The summed E-state index contributed by atoms with van der Waals surface area (Å²) in [5.41, 5.74) is 3.63. The molecule has 0 fully saturated rings. The van der Waals surface area contributed by atoms with Crippen molar-refractivity contribution in [2.75, 3.05) is 32.2 Å².